The van der Waals surface area contributed by atoms with Crippen LogP contribution < -0.4 is 16.4 Å². The van der Waals surface area contributed by atoms with Gasteiger partial charge in [-0.05, 0) is 12.8 Å². The monoisotopic (exact) mass is 221 g/mol. The second-order valence-corrected chi connectivity index (χ2v) is 4.00. The summed E-state index contributed by atoms with van der Waals surface area (Å²) in [5.41, 5.74) is 11.4. The molecule has 6 nitrogen and oxygen atoms in total. The van der Waals surface area contributed by atoms with E-state index in [2.05, 4.69) is 9.97 Å². The Kier molecular flexibility index (Phi) is 2.89. The number of nitrogens with zero attached hydrogens (tertiary/aromatic N) is 3. The second kappa shape index (κ2) is 4.34. The number of anilines is 2. The Balaban J connectivity index is 2.09. The molecule has 6 heteroatoms. The highest BCUT2D eigenvalue weighted by Crippen LogP contribution is 2.19. The molecule has 1 aromatic rings. The maximum absolute atomic E-state index is 11.1. The first kappa shape index (κ1) is 10.7. The van der Waals surface area contributed by atoms with Crippen molar-refractivity contribution in [3.05, 3.63) is 12.4 Å². The SMILES string of the molecule is NC(=O)C1CCCN(c2ncc(N)cn2)C1. The summed E-state index contributed by atoms with van der Waals surface area (Å²) in [4.78, 5) is 21.4. The minimum absolute atomic E-state index is 0.102. The van der Waals surface area contributed by atoms with Crippen LogP contribution in [0.3, 0.4) is 0 Å². The van der Waals surface area contributed by atoms with Crippen molar-refractivity contribution in [3.63, 3.8) is 0 Å². The van der Waals surface area contributed by atoms with Gasteiger partial charge in [-0.2, -0.15) is 0 Å². The molecule has 0 saturated carbocycles. The lowest BCUT2D eigenvalue weighted by atomic mass is 9.98. The number of amides is 1. The van der Waals surface area contributed by atoms with E-state index in [9.17, 15) is 4.79 Å². The fourth-order valence-corrected chi connectivity index (χ4v) is 1.89. The molecule has 2 heterocycles. The number of hydrogen-bond donors (Lipinski definition) is 2. The summed E-state index contributed by atoms with van der Waals surface area (Å²) in [5, 5.41) is 0. The van der Waals surface area contributed by atoms with Gasteiger partial charge in [0.25, 0.3) is 0 Å². The molecule has 1 atom stereocenters. The molecule has 0 bridgehead atoms. The topological polar surface area (TPSA) is 98.1 Å². The summed E-state index contributed by atoms with van der Waals surface area (Å²) in [6, 6.07) is 0. The van der Waals surface area contributed by atoms with Gasteiger partial charge in [0.1, 0.15) is 0 Å². The van der Waals surface area contributed by atoms with Gasteiger partial charge in [-0.1, -0.05) is 0 Å². The molecule has 16 heavy (non-hydrogen) atoms. The van der Waals surface area contributed by atoms with Crippen LogP contribution >= 0.6 is 0 Å². The van der Waals surface area contributed by atoms with Crippen LogP contribution in [0.25, 0.3) is 0 Å². The zero-order valence-corrected chi connectivity index (χ0v) is 8.97. The zero-order chi connectivity index (χ0) is 11.5. The maximum Gasteiger partial charge on any atom is 0.225 e. The van der Waals surface area contributed by atoms with Crippen LogP contribution in [0, 0.1) is 5.92 Å². The quantitative estimate of drug-likeness (QED) is 0.718. The van der Waals surface area contributed by atoms with Gasteiger partial charge in [0, 0.05) is 13.1 Å². The van der Waals surface area contributed by atoms with Gasteiger partial charge in [0.15, 0.2) is 0 Å². The highest BCUT2D eigenvalue weighted by molar-refractivity contribution is 5.77. The molecule has 0 aromatic carbocycles. The van der Waals surface area contributed by atoms with Crippen molar-refractivity contribution in [2.45, 2.75) is 12.8 Å². The van der Waals surface area contributed by atoms with Crippen molar-refractivity contribution in [2.24, 2.45) is 11.7 Å². The number of carbonyl (C=O) groups is 1. The van der Waals surface area contributed by atoms with Crippen LogP contribution in [0.2, 0.25) is 0 Å². The third-order valence-corrected chi connectivity index (χ3v) is 2.76. The van der Waals surface area contributed by atoms with Gasteiger partial charge in [-0.25, -0.2) is 9.97 Å². The minimum Gasteiger partial charge on any atom is -0.396 e. The van der Waals surface area contributed by atoms with Gasteiger partial charge in [-0.3, -0.25) is 4.79 Å². The Morgan fingerprint density at radius 1 is 1.44 bits per heavy atom. The lowest BCUT2D eigenvalue weighted by Crippen LogP contribution is -2.41. The van der Waals surface area contributed by atoms with Crippen LogP contribution in [0.5, 0.6) is 0 Å². The maximum atomic E-state index is 11.1. The number of rotatable bonds is 2. The third-order valence-electron chi connectivity index (χ3n) is 2.76. The Morgan fingerprint density at radius 2 is 2.12 bits per heavy atom. The van der Waals surface area contributed by atoms with Gasteiger partial charge < -0.3 is 16.4 Å². The van der Waals surface area contributed by atoms with E-state index in [4.69, 9.17) is 11.5 Å². The standard InChI is InChI=1S/C10H15N5O/c11-8-4-13-10(14-5-8)15-3-1-2-7(6-15)9(12)16/h4-5,7H,1-3,6,11H2,(H2,12,16). The molecular formula is C10H15N5O. The smallest absolute Gasteiger partial charge is 0.225 e. The van der Waals surface area contributed by atoms with E-state index in [1.54, 1.807) is 12.4 Å². The number of primary amides is 1. The molecule has 1 unspecified atom stereocenters. The fraction of sp³-hybridized carbons (Fsp3) is 0.500. The molecule has 1 aliphatic rings. The van der Waals surface area contributed by atoms with E-state index >= 15 is 0 Å². The Labute approximate surface area is 93.7 Å². The van der Waals surface area contributed by atoms with Crippen LogP contribution in [0.1, 0.15) is 12.8 Å². The van der Waals surface area contributed by atoms with Crippen LogP contribution in [0.15, 0.2) is 12.4 Å². The van der Waals surface area contributed by atoms with E-state index in [0.717, 1.165) is 19.4 Å². The van der Waals surface area contributed by atoms with Crippen molar-refractivity contribution in [1.29, 1.82) is 0 Å². The molecule has 4 N–H and O–H groups in total. The van der Waals surface area contributed by atoms with E-state index in [0.29, 0.717) is 18.2 Å². The average molecular weight is 221 g/mol. The van der Waals surface area contributed by atoms with Crippen molar-refractivity contribution >= 4 is 17.5 Å². The van der Waals surface area contributed by atoms with Gasteiger partial charge in [0.2, 0.25) is 11.9 Å². The summed E-state index contributed by atoms with van der Waals surface area (Å²) in [6.07, 6.45) is 4.91. The molecule has 0 aliphatic carbocycles. The summed E-state index contributed by atoms with van der Waals surface area (Å²) >= 11 is 0. The first-order chi connectivity index (χ1) is 7.66. The Bertz CT molecular complexity index is 377. The van der Waals surface area contributed by atoms with Crippen molar-refractivity contribution < 1.29 is 4.79 Å². The number of nitrogens with two attached hydrogens (primary N) is 2. The van der Waals surface area contributed by atoms with Gasteiger partial charge in [0.05, 0.1) is 24.0 Å². The van der Waals surface area contributed by atoms with Gasteiger partial charge in [-0.15, -0.1) is 0 Å². The average Bonchev–Trinajstić information content (AvgIpc) is 2.30. The molecule has 1 aliphatic heterocycles. The van der Waals surface area contributed by atoms with E-state index in [1.165, 1.54) is 0 Å². The summed E-state index contributed by atoms with van der Waals surface area (Å²) in [5.74, 6) is 0.259. The van der Waals surface area contributed by atoms with Crippen molar-refractivity contribution in [3.8, 4) is 0 Å². The summed E-state index contributed by atoms with van der Waals surface area (Å²) < 4.78 is 0. The highest BCUT2D eigenvalue weighted by atomic mass is 16.1. The molecule has 0 radical (unpaired) electrons. The summed E-state index contributed by atoms with van der Waals surface area (Å²) in [6.45, 7) is 1.45. The van der Waals surface area contributed by atoms with Crippen molar-refractivity contribution in [1.82, 2.24) is 9.97 Å². The minimum atomic E-state index is -0.250. The summed E-state index contributed by atoms with van der Waals surface area (Å²) in [7, 11) is 0. The highest BCUT2D eigenvalue weighted by Gasteiger charge is 2.25. The molecule has 1 fully saturated rings. The largest absolute Gasteiger partial charge is 0.396 e. The normalized spacial score (nSPS) is 20.8. The fourth-order valence-electron chi connectivity index (χ4n) is 1.89. The molecule has 1 aromatic heterocycles. The lowest BCUT2D eigenvalue weighted by Gasteiger charge is -2.31. The van der Waals surface area contributed by atoms with Crippen LogP contribution in [0.4, 0.5) is 11.6 Å². The second-order valence-electron chi connectivity index (χ2n) is 4.00. The van der Waals surface area contributed by atoms with E-state index in [1.807, 2.05) is 4.90 Å². The first-order valence-corrected chi connectivity index (χ1v) is 5.28. The third kappa shape index (κ3) is 2.21. The van der Waals surface area contributed by atoms with Crippen LogP contribution in [-0.4, -0.2) is 29.0 Å². The Morgan fingerprint density at radius 3 is 2.75 bits per heavy atom. The molecule has 0 spiro atoms. The first-order valence-electron chi connectivity index (χ1n) is 5.28. The molecule has 1 amide bonds. The zero-order valence-electron chi connectivity index (χ0n) is 8.97. The number of piperidine rings is 1. The number of carbonyl (C=O) groups excluding carboxylic acids is 1. The van der Waals surface area contributed by atoms with Gasteiger partial charge >= 0.3 is 0 Å². The molecular weight excluding hydrogens is 206 g/mol. The van der Waals surface area contributed by atoms with E-state index in [-0.39, 0.29) is 11.8 Å². The van der Waals surface area contributed by atoms with Crippen molar-refractivity contribution in [2.75, 3.05) is 23.7 Å². The lowest BCUT2D eigenvalue weighted by molar-refractivity contribution is -0.122. The number of aromatic nitrogens is 2. The van der Waals surface area contributed by atoms with E-state index < -0.39 is 0 Å². The van der Waals surface area contributed by atoms with Crippen LogP contribution in [-0.2, 0) is 4.79 Å². The molecule has 86 valence electrons. The Hall–Kier alpha value is -1.85. The molecule has 2 rings (SSSR count). The number of hydrogen-bond acceptors (Lipinski definition) is 5. The predicted molar refractivity (Wildman–Crippen MR) is 60.6 cm³/mol. The molecule has 1 saturated heterocycles. The number of nitrogen functional groups attached to an aromatic ring is 1. The predicted octanol–water partition coefficient (Wildman–Crippen LogP) is -0.240.